The van der Waals surface area contributed by atoms with Gasteiger partial charge in [0.05, 0.1) is 4.91 Å². The summed E-state index contributed by atoms with van der Waals surface area (Å²) in [5.74, 6) is -0.237. The Hall–Kier alpha value is -2.79. The van der Waals surface area contributed by atoms with Gasteiger partial charge in [0, 0.05) is 35.8 Å². The second-order valence-electron chi connectivity index (χ2n) is 6.33. The molecule has 0 aliphatic carbocycles. The third-order valence-corrected chi connectivity index (χ3v) is 5.69. The third-order valence-electron chi connectivity index (χ3n) is 4.73. The first kappa shape index (κ1) is 16.7. The maximum atomic E-state index is 12.3. The number of thioether (sulfide) groups is 1. The highest BCUT2D eigenvalue weighted by Crippen LogP contribution is 2.35. The number of aromatic nitrogens is 1. The molecule has 0 N–H and O–H groups in total. The molecule has 2 heterocycles. The van der Waals surface area contributed by atoms with Crippen LogP contribution >= 0.6 is 11.8 Å². The van der Waals surface area contributed by atoms with Gasteiger partial charge in [-0.25, -0.2) is 0 Å². The number of imide groups is 1. The van der Waals surface area contributed by atoms with Crippen molar-refractivity contribution in [2.75, 3.05) is 7.05 Å². The molecule has 3 aromatic rings. The number of nitrogens with zero attached hydrogens (tertiary/aromatic N) is 2. The number of amides is 2. The standard InChI is InChI=1S/C21H18N2O2S/c1-14-17(12-19-20(24)22(2)21(25)26-19)16-10-6-7-11-18(16)23(14)13-15-8-4-3-5-9-15/h3-12H,13H2,1-2H3/b19-12-. The fourth-order valence-corrected chi connectivity index (χ4v) is 4.10. The molecule has 0 unspecified atom stereocenters. The van der Waals surface area contributed by atoms with E-state index in [-0.39, 0.29) is 11.1 Å². The van der Waals surface area contributed by atoms with Crippen LogP contribution in [0.1, 0.15) is 16.8 Å². The Balaban J connectivity index is 1.85. The number of likely N-dealkylation sites (N-methyl/N-ethyl adjacent to an activating group) is 1. The Labute approximate surface area is 156 Å². The van der Waals surface area contributed by atoms with Gasteiger partial charge in [-0.1, -0.05) is 48.5 Å². The summed E-state index contributed by atoms with van der Waals surface area (Å²) in [7, 11) is 1.52. The van der Waals surface area contributed by atoms with Gasteiger partial charge >= 0.3 is 0 Å². The first-order valence-electron chi connectivity index (χ1n) is 8.39. The minimum atomic E-state index is -0.237. The van der Waals surface area contributed by atoms with E-state index in [1.165, 1.54) is 12.6 Å². The van der Waals surface area contributed by atoms with E-state index in [4.69, 9.17) is 0 Å². The SMILES string of the molecule is Cc1c(/C=C2\SC(=O)N(C)C2=O)c2ccccc2n1Cc1ccccc1. The Morgan fingerprint density at radius 3 is 2.38 bits per heavy atom. The highest BCUT2D eigenvalue weighted by molar-refractivity contribution is 8.18. The van der Waals surface area contributed by atoms with Crippen molar-refractivity contribution in [3.05, 3.63) is 76.3 Å². The lowest BCUT2D eigenvalue weighted by Gasteiger charge is -2.08. The van der Waals surface area contributed by atoms with Crippen LogP contribution in [0.3, 0.4) is 0 Å². The van der Waals surface area contributed by atoms with Gasteiger partial charge in [0.15, 0.2) is 0 Å². The van der Waals surface area contributed by atoms with Crippen molar-refractivity contribution in [2.45, 2.75) is 13.5 Å². The van der Waals surface area contributed by atoms with E-state index in [1.54, 1.807) is 0 Å². The molecule has 1 saturated heterocycles. The Morgan fingerprint density at radius 1 is 1.00 bits per heavy atom. The van der Waals surface area contributed by atoms with E-state index < -0.39 is 0 Å². The highest BCUT2D eigenvalue weighted by atomic mass is 32.2. The van der Waals surface area contributed by atoms with Crippen LogP contribution in [0, 0.1) is 6.92 Å². The molecule has 0 radical (unpaired) electrons. The fourth-order valence-electron chi connectivity index (χ4n) is 3.29. The van der Waals surface area contributed by atoms with Crippen molar-refractivity contribution in [3.8, 4) is 0 Å². The van der Waals surface area contributed by atoms with Crippen LogP contribution in [0.15, 0.2) is 59.5 Å². The average Bonchev–Trinajstić information content (AvgIpc) is 3.06. The van der Waals surface area contributed by atoms with Crippen LogP contribution in [0.25, 0.3) is 17.0 Å². The normalized spacial score (nSPS) is 16.2. The largest absolute Gasteiger partial charge is 0.340 e. The van der Waals surface area contributed by atoms with Gasteiger partial charge in [-0.05, 0) is 36.4 Å². The van der Waals surface area contributed by atoms with Gasteiger partial charge in [-0.15, -0.1) is 0 Å². The lowest BCUT2D eigenvalue weighted by molar-refractivity contribution is -0.121. The average molecular weight is 362 g/mol. The fraction of sp³-hybridized carbons (Fsp3) is 0.143. The predicted octanol–water partition coefficient (Wildman–Crippen LogP) is 4.66. The quantitative estimate of drug-likeness (QED) is 0.636. The smallest absolute Gasteiger partial charge is 0.293 e. The van der Waals surface area contributed by atoms with Gasteiger partial charge in [0.25, 0.3) is 11.1 Å². The van der Waals surface area contributed by atoms with Crippen LogP contribution in [-0.4, -0.2) is 27.7 Å². The molecule has 2 amide bonds. The van der Waals surface area contributed by atoms with Crippen molar-refractivity contribution in [1.82, 2.24) is 9.47 Å². The Bertz CT molecular complexity index is 1050. The molecular weight excluding hydrogens is 344 g/mol. The topological polar surface area (TPSA) is 42.3 Å². The van der Waals surface area contributed by atoms with Crippen molar-refractivity contribution >= 4 is 39.9 Å². The van der Waals surface area contributed by atoms with E-state index in [0.29, 0.717) is 4.91 Å². The summed E-state index contributed by atoms with van der Waals surface area (Å²) in [4.78, 5) is 25.7. The number of hydrogen-bond acceptors (Lipinski definition) is 3. The second-order valence-corrected chi connectivity index (χ2v) is 7.32. The summed E-state index contributed by atoms with van der Waals surface area (Å²) in [5, 5.41) is 0.857. The summed E-state index contributed by atoms with van der Waals surface area (Å²) < 4.78 is 2.26. The molecule has 4 nitrogen and oxygen atoms in total. The zero-order chi connectivity index (χ0) is 18.3. The van der Waals surface area contributed by atoms with Crippen molar-refractivity contribution < 1.29 is 9.59 Å². The molecule has 4 rings (SSSR count). The maximum absolute atomic E-state index is 12.3. The van der Waals surface area contributed by atoms with Crippen LogP contribution in [-0.2, 0) is 11.3 Å². The van der Waals surface area contributed by atoms with Gasteiger partial charge < -0.3 is 4.57 Å². The molecule has 1 aromatic heterocycles. The number of carbonyl (C=O) groups excluding carboxylic acids is 2. The molecule has 1 aliphatic rings. The van der Waals surface area contributed by atoms with Crippen molar-refractivity contribution in [3.63, 3.8) is 0 Å². The van der Waals surface area contributed by atoms with E-state index in [9.17, 15) is 9.59 Å². The van der Waals surface area contributed by atoms with Gasteiger partial charge in [0.1, 0.15) is 0 Å². The zero-order valence-corrected chi connectivity index (χ0v) is 15.4. The van der Waals surface area contributed by atoms with Gasteiger partial charge in [-0.3, -0.25) is 14.5 Å². The predicted molar refractivity (Wildman–Crippen MR) is 106 cm³/mol. The highest BCUT2D eigenvalue weighted by Gasteiger charge is 2.32. The molecule has 0 spiro atoms. The Kier molecular flexibility index (Phi) is 4.17. The maximum Gasteiger partial charge on any atom is 0.293 e. The van der Waals surface area contributed by atoms with Gasteiger partial charge in [0.2, 0.25) is 0 Å². The molecule has 2 aromatic carbocycles. The number of rotatable bonds is 3. The van der Waals surface area contributed by atoms with Gasteiger partial charge in [-0.2, -0.15) is 0 Å². The van der Waals surface area contributed by atoms with E-state index in [0.717, 1.165) is 45.4 Å². The van der Waals surface area contributed by atoms with Crippen LogP contribution in [0.5, 0.6) is 0 Å². The molecule has 5 heteroatoms. The molecule has 26 heavy (non-hydrogen) atoms. The summed E-state index contributed by atoms with van der Waals surface area (Å²) in [5.41, 5.74) is 4.42. The minimum Gasteiger partial charge on any atom is -0.340 e. The number of hydrogen-bond donors (Lipinski definition) is 0. The summed E-state index contributed by atoms with van der Waals surface area (Å²) in [6.07, 6.45) is 1.85. The van der Waals surface area contributed by atoms with Crippen molar-refractivity contribution in [2.24, 2.45) is 0 Å². The molecule has 0 bridgehead atoms. The molecular formula is C21H18N2O2S. The summed E-state index contributed by atoms with van der Waals surface area (Å²) in [6.45, 7) is 2.82. The summed E-state index contributed by atoms with van der Waals surface area (Å²) in [6, 6.07) is 18.5. The lowest BCUT2D eigenvalue weighted by atomic mass is 10.1. The molecule has 130 valence electrons. The van der Waals surface area contributed by atoms with Crippen molar-refractivity contribution in [1.29, 1.82) is 0 Å². The van der Waals surface area contributed by atoms with E-state index >= 15 is 0 Å². The molecule has 0 atom stereocenters. The molecule has 1 aliphatic heterocycles. The lowest BCUT2D eigenvalue weighted by Crippen LogP contribution is -2.22. The number of benzene rings is 2. The first-order chi connectivity index (χ1) is 12.6. The monoisotopic (exact) mass is 362 g/mol. The van der Waals surface area contributed by atoms with E-state index in [2.05, 4.69) is 35.8 Å². The zero-order valence-electron chi connectivity index (χ0n) is 14.6. The van der Waals surface area contributed by atoms with Crippen LogP contribution < -0.4 is 0 Å². The number of carbonyl (C=O) groups is 2. The third kappa shape index (κ3) is 2.74. The number of fused-ring (bicyclic) bond motifs is 1. The molecule has 0 saturated carbocycles. The van der Waals surface area contributed by atoms with Crippen LogP contribution in [0.4, 0.5) is 4.79 Å². The minimum absolute atomic E-state index is 0.230. The molecule has 1 fully saturated rings. The van der Waals surface area contributed by atoms with Crippen LogP contribution in [0.2, 0.25) is 0 Å². The summed E-state index contributed by atoms with van der Waals surface area (Å²) >= 11 is 0.996. The Morgan fingerprint density at radius 2 is 1.69 bits per heavy atom. The second kappa shape index (κ2) is 6.50. The first-order valence-corrected chi connectivity index (χ1v) is 9.21. The van der Waals surface area contributed by atoms with E-state index in [1.807, 2.05) is 36.4 Å². The number of para-hydroxylation sites is 1.